The summed E-state index contributed by atoms with van der Waals surface area (Å²) >= 11 is 1.92. The van der Waals surface area contributed by atoms with Crippen molar-refractivity contribution in [2.24, 2.45) is 11.3 Å². The molecule has 1 unspecified atom stereocenters. The Balaban J connectivity index is 1.82. The predicted molar refractivity (Wildman–Crippen MR) is 86.8 cm³/mol. The van der Waals surface area contributed by atoms with Crippen LogP contribution in [0.1, 0.15) is 48.9 Å². The second-order valence-electron chi connectivity index (χ2n) is 7.24. The molecule has 3 rings (SSSR count). The Bertz CT molecular complexity index is 526. The summed E-state index contributed by atoms with van der Waals surface area (Å²) in [6.45, 7) is 8.60. The maximum Gasteiger partial charge on any atom is 0.274 e. The van der Waals surface area contributed by atoms with Gasteiger partial charge in [-0.1, -0.05) is 20.8 Å². The summed E-state index contributed by atoms with van der Waals surface area (Å²) in [5.74, 6) is 2.85. The van der Waals surface area contributed by atoms with Gasteiger partial charge in [-0.3, -0.25) is 9.89 Å². The molecule has 0 saturated carbocycles. The number of H-pyrrole nitrogens is 1. The van der Waals surface area contributed by atoms with E-state index in [9.17, 15) is 4.79 Å². The molecule has 1 aromatic rings. The number of aromatic amines is 1. The van der Waals surface area contributed by atoms with Gasteiger partial charge in [0.05, 0.1) is 0 Å². The summed E-state index contributed by atoms with van der Waals surface area (Å²) in [6.07, 6.45) is 3.19. The zero-order chi connectivity index (χ0) is 15.0. The zero-order valence-electron chi connectivity index (χ0n) is 13.2. The number of nitrogens with one attached hydrogen (secondary N) is 1. The van der Waals surface area contributed by atoms with Crippen molar-refractivity contribution in [2.75, 3.05) is 24.6 Å². The Labute approximate surface area is 131 Å². The fourth-order valence-corrected chi connectivity index (χ4v) is 4.23. The van der Waals surface area contributed by atoms with E-state index in [-0.39, 0.29) is 11.3 Å². The van der Waals surface area contributed by atoms with E-state index in [1.54, 1.807) is 0 Å². The normalized spacial score (nSPS) is 23.0. The summed E-state index contributed by atoms with van der Waals surface area (Å²) in [5.41, 5.74) is 3.34. The topological polar surface area (TPSA) is 49.0 Å². The molecule has 116 valence electrons. The molecule has 0 bridgehead atoms. The smallest absolute Gasteiger partial charge is 0.274 e. The van der Waals surface area contributed by atoms with Crippen LogP contribution in [0.5, 0.6) is 0 Å². The average molecular weight is 307 g/mol. The molecule has 1 fully saturated rings. The monoisotopic (exact) mass is 307 g/mol. The first-order valence-corrected chi connectivity index (χ1v) is 9.05. The molecular weight excluding hydrogens is 282 g/mol. The molecule has 1 N–H and O–H groups in total. The van der Waals surface area contributed by atoms with Crippen molar-refractivity contribution in [1.82, 2.24) is 15.1 Å². The minimum Gasteiger partial charge on any atom is -0.336 e. The minimum absolute atomic E-state index is 0.127. The summed E-state index contributed by atoms with van der Waals surface area (Å²) in [5, 5.41) is 7.48. The summed E-state index contributed by atoms with van der Waals surface area (Å²) in [7, 11) is 0. The van der Waals surface area contributed by atoms with E-state index < -0.39 is 0 Å². The van der Waals surface area contributed by atoms with Crippen LogP contribution < -0.4 is 0 Å². The number of thioether (sulfide) groups is 1. The number of hydrogen-bond donors (Lipinski definition) is 1. The second-order valence-corrected chi connectivity index (χ2v) is 8.46. The molecule has 0 spiro atoms. The maximum absolute atomic E-state index is 12.7. The Morgan fingerprint density at radius 2 is 2.05 bits per heavy atom. The minimum atomic E-state index is 0.127. The number of carbonyl (C=O) groups is 1. The first kappa shape index (κ1) is 14.9. The van der Waals surface area contributed by atoms with E-state index in [1.165, 1.54) is 17.7 Å². The van der Waals surface area contributed by atoms with Crippen molar-refractivity contribution in [1.29, 1.82) is 0 Å². The van der Waals surface area contributed by atoms with E-state index >= 15 is 0 Å². The van der Waals surface area contributed by atoms with E-state index in [4.69, 9.17) is 0 Å². The van der Waals surface area contributed by atoms with E-state index in [0.717, 1.165) is 37.4 Å². The fraction of sp³-hybridized carbons (Fsp3) is 0.750. The summed E-state index contributed by atoms with van der Waals surface area (Å²) < 4.78 is 0. The molecule has 0 radical (unpaired) electrons. The number of nitrogens with zero attached hydrogens (tertiary/aromatic N) is 2. The number of amides is 1. The van der Waals surface area contributed by atoms with Gasteiger partial charge in [-0.2, -0.15) is 16.9 Å². The van der Waals surface area contributed by atoms with Crippen LogP contribution in [0.25, 0.3) is 0 Å². The first-order valence-electron chi connectivity index (χ1n) is 7.90. The number of rotatable bonds is 1. The molecule has 1 saturated heterocycles. The lowest BCUT2D eigenvalue weighted by Crippen LogP contribution is -2.39. The first-order chi connectivity index (χ1) is 9.97. The van der Waals surface area contributed by atoms with Crippen LogP contribution in [0.3, 0.4) is 0 Å². The molecule has 1 aromatic heterocycles. The van der Waals surface area contributed by atoms with Gasteiger partial charge in [0.1, 0.15) is 0 Å². The van der Waals surface area contributed by atoms with Gasteiger partial charge in [-0.05, 0) is 30.6 Å². The number of fused-ring (bicyclic) bond motifs is 1. The molecule has 1 aliphatic heterocycles. The third-order valence-corrected chi connectivity index (χ3v) is 5.81. The second kappa shape index (κ2) is 5.67. The number of aromatic nitrogens is 2. The van der Waals surface area contributed by atoms with Crippen molar-refractivity contribution < 1.29 is 4.79 Å². The van der Waals surface area contributed by atoms with Gasteiger partial charge in [-0.25, -0.2) is 0 Å². The van der Waals surface area contributed by atoms with Crippen LogP contribution in [-0.2, 0) is 12.8 Å². The number of aryl methyl sites for hydroxylation is 1. The molecule has 5 heteroatoms. The van der Waals surface area contributed by atoms with Gasteiger partial charge in [0, 0.05) is 35.9 Å². The van der Waals surface area contributed by atoms with Crippen molar-refractivity contribution >= 4 is 17.7 Å². The van der Waals surface area contributed by atoms with E-state index in [2.05, 4.69) is 31.0 Å². The molecular formula is C16H25N3OS. The lowest BCUT2D eigenvalue weighted by atomic mass is 9.71. The molecule has 1 aliphatic carbocycles. The highest BCUT2D eigenvalue weighted by molar-refractivity contribution is 7.99. The number of carbonyl (C=O) groups excluding carboxylic acids is 1. The van der Waals surface area contributed by atoms with Gasteiger partial charge >= 0.3 is 0 Å². The SMILES string of the molecule is CC(C)(C)C1CCc2[nH]nc(C(=O)N3CCSCC3)c2C1. The molecule has 4 nitrogen and oxygen atoms in total. The van der Waals surface area contributed by atoms with Crippen molar-refractivity contribution in [2.45, 2.75) is 40.0 Å². The Kier molecular flexibility index (Phi) is 4.04. The van der Waals surface area contributed by atoms with Gasteiger partial charge < -0.3 is 4.90 Å². The van der Waals surface area contributed by atoms with Crippen LogP contribution in [0.2, 0.25) is 0 Å². The van der Waals surface area contributed by atoms with Crippen LogP contribution in [0.4, 0.5) is 0 Å². The number of hydrogen-bond acceptors (Lipinski definition) is 3. The fourth-order valence-electron chi connectivity index (χ4n) is 3.33. The largest absolute Gasteiger partial charge is 0.336 e. The third kappa shape index (κ3) is 2.98. The van der Waals surface area contributed by atoms with Crippen molar-refractivity contribution in [3.8, 4) is 0 Å². The average Bonchev–Trinajstić information content (AvgIpc) is 2.89. The van der Waals surface area contributed by atoms with Crippen molar-refractivity contribution in [3.05, 3.63) is 17.0 Å². The molecule has 1 amide bonds. The van der Waals surface area contributed by atoms with Gasteiger partial charge in [-0.15, -0.1) is 0 Å². The standard InChI is InChI=1S/C16H25N3OS/c1-16(2,3)11-4-5-13-12(10-11)14(18-17-13)15(20)19-6-8-21-9-7-19/h11H,4-10H2,1-3H3,(H,17,18). The highest BCUT2D eigenvalue weighted by Crippen LogP contribution is 2.37. The Hall–Kier alpha value is -0.970. The lowest BCUT2D eigenvalue weighted by molar-refractivity contribution is 0.0764. The third-order valence-electron chi connectivity index (χ3n) is 4.87. The van der Waals surface area contributed by atoms with E-state index in [1.807, 2.05) is 16.7 Å². The molecule has 0 aromatic carbocycles. The molecule has 2 aliphatic rings. The van der Waals surface area contributed by atoms with E-state index in [0.29, 0.717) is 11.6 Å². The maximum atomic E-state index is 12.7. The van der Waals surface area contributed by atoms with Crippen LogP contribution in [0, 0.1) is 11.3 Å². The summed E-state index contributed by atoms with van der Waals surface area (Å²) in [4.78, 5) is 14.7. The van der Waals surface area contributed by atoms with Crippen LogP contribution >= 0.6 is 11.8 Å². The highest BCUT2D eigenvalue weighted by Gasteiger charge is 2.33. The zero-order valence-corrected chi connectivity index (χ0v) is 14.1. The predicted octanol–water partition coefficient (Wildman–Crippen LogP) is 2.75. The van der Waals surface area contributed by atoms with Crippen LogP contribution in [0.15, 0.2) is 0 Å². The molecule has 2 heterocycles. The quantitative estimate of drug-likeness (QED) is 0.868. The van der Waals surface area contributed by atoms with Gasteiger partial charge in [0.2, 0.25) is 0 Å². The lowest BCUT2D eigenvalue weighted by Gasteiger charge is -2.34. The molecule has 21 heavy (non-hydrogen) atoms. The Morgan fingerprint density at radius 1 is 1.33 bits per heavy atom. The summed E-state index contributed by atoms with van der Waals surface area (Å²) in [6, 6.07) is 0. The molecule has 1 atom stereocenters. The van der Waals surface area contributed by atoms with Gasteiger partial charge in [0.15, 0.2) is 5.69 Å². The van der Waals surface area contributed by atoms with Crippen LogP contribution in [-0.4, -0.2) is 45.6 Å². The van der Waals surface area contributed by atoms with Gasteiger partial charge in [0.25, 0.3) is 5.91 Å². The highest BCUT2D eigenvalue weighted by atomic mass is 32.2. The van der Waals surface area contributed by atoms with Crippen molar-refractivity contribution in [3.63, 3.8) is 0 Å². The Morgan fingerprint density at radius 3 is 2.71 bits per heavy atom.